The van der Waals surface area contributed by atoms with E-state index in [4.69, 9.17) is 4.74 Å². The summed E-state index contributed by atoms with van der Waals surface area (Å²) in [6.07, 6.45) is -0.972. The summed E-state index contributed by atoms with van der Waals surface area (Å²) in [7, 11) is 1.50. The van der Waals surface area contributed by atoms with Crippen molar-refractivity contribution < 1.29 is 22.7 Å². The third-order valence-corrected chi connectivity index (χ3v) is 4.86. The Morgan fingerprint density at radius 1 is 1.13 bits per heavy atom. The van der Waals surface area contributed by atoms with Crippen molar-refractivity contribution in [3.63, 3.8) is 0 Å². The zero-order chi connectivity index (χ0) is 22.4. The SMILES string of the molecule is C=CCN(Cc1cccn1Cc1cccc(C(F)(F)F)c1)C(=O)c1ccccc1OC. The maximum absolute atomic E-state index is 13.1. The van der Waals surface area contributed by atoms with Crippen molar-refractivity contribution in [3.8, 4) is 5.75 Å². The van der Waals surface area contributed by atoms with Gasteiger partial charge in [0.1, 0.15) is 5.75 Å². The molecule has 4 nitrogen and oxygen atoms in total. The van der Waals surface area contributed by atoms with E-state index in [2.05, 4.69) is 6.58 Å². The molecule has 1 amide bonds. The van der Waals surface area contributed by atoms with Gasteiger partial charge in [-0.1, -0.05) is 30.3 Å². The van der Waals surface area contributed by atoms with E-state index >= 15 is 0 Å². The summed E-state index contributed by atoms with van der Waals surface area (Å²) < 4.78 is 46.2. The molecule has 0 unspecified atom stereocenters. The van der Waals surface area contributed by atoms with Crippen molar-refractivity contribution in [1.82, 2.24) is 9.47 Å². The quantitative estimate of drug-likeness (QED) is 0.451. The topological polar surface area (TPSA) is 34.5 Å². The van der Waals surface area contributed by atoms with E-state index < -0.39 is 11.7 Å². The van der Waals surface area contributed by atoms with Crippen molar-refractivity contribution in [2.24, 2.45) is 0 Å². The summed E-state index contributed by atoms with van der Waals surface area (Å²) in [6.45, 7) is 4.58. The van der Waals surface area contributed by atoms with E-state index in [1.165, 1.54) is 13.2 Å². The normalized spacial score (nSPS) is 11.2. The van der Waals surface area contributed by atoms with Crippen LogP contribution in [0, 0.1) is 0 Å². The molecule has 0 spiro atoms. The number of carbonyl (C=O) groups is 1. The number of para-hydroxylation sites is 1. The third kappa shape index (κ3) is 5.36. The van der Waals surface area contributed by atoms with Crippen molar-refractivity contribution in [3.05, 3.63) is 102 Å². The second-order valence-corrected chi connectivity index (χ2v) is 7.00. The fourth-order valence-corrected chi connectivity index (χ4v) is 3.35. The Bertz CT molecular complexity index is 1060. The van der Waals surface area contributed by atoms with Gasteiger partial charge in [-0.25, -0.2) is 0 Å². The first-order valence-corrected chi connectivity index (χ1v) is 9.67. The van der Waals surface area contributed by atoms with Gasteiger partial charge in [0, 0.05) is 25.0 Å². The van der Waals surface area contributed by atoms with Gasteiger partial charge < -0.3 is 14.2 Å². The molecular formula is C24H23F3N2O2. The lowest BCUT2D eigenvalue weighted by Gasteiger charge is -2.23. The lowest BCUT2D eigenvalue weighted by molar-refractivity contribution is -0.137. The average molecular weight is 428 g/mol. The first kappa shape index (κ1) is 22.2. The highest BCUT2D eigenvalue weighted by Crippen LogP contribution is 2.30. The zero-order valence-electron chi connectivity index (χ0n) is 17.1. The summed E-state index contributed by atoms with van der Waals surface area (Å²) in [5.74, 6) is 0.255. The minimum absolute atomic E-state index is 0.218. The second kappa shape index (κ2) is 9.55. The highest BCUT2D eigenvalue weighted by Gasteiger charge is 2.30. The molecule has 3 aromatic rings. The van der Waals surface area contributed by atoms with E-state index in [0.717, 1.165) is 17.8 Å². The molecule has 0 aliphatic carbocycles. The number of nitrogens with zero attached hydrogens (tertiary/aromatic N) is 2. The molecule has 0 bridgehead atoms. The maximum atomic E-state index is 13.1. The number of benzene rings is 2. The molecule has 1 aromatic heterocycles. The average Bonchev–Trinajstić information content (AvgIpc) is 3.19. The molecule has 0 saturated carbocycles. The molecular weight excluding hydrogens is 405 g/mol. The molecule has 0 atom stereocenters. The molecule has 0 saturated heterocycles. The predicted octanol–water partition coefficient (Wildman–Crippen LogP) is 5.39. The van der Waals surface area contributed by atoms with Crippen LogP contribution in [0.25, 0.3) is 0 Å². The van der Waals surface area contributed by atoms with Crippen molar-refractivity contribution in [2.45, 2.75) is 19.3 Å². The van der Waals surface area contributed by atoms with Crippen LogP contribution in [0.1, 0.15) is 27.2 Å². The summed E-state index contributed by atoms with van der Waals surface area (Å²) in [6, 6.07) is 15.9. The molecule has 162 valence electrons. The molecule has 1 heterocycles. The van der Waals surface area contributed by atoms with E-state index in [1.807, 2.05) is 16.7 Å². The van der Waals surface area contributed by atoms with Crippen molar-refractivity contribution in [2.75, 3.05) is 13.7 Å². The number of rotatable bonds is 8. The molecule has 3 rings (SSSR count). The summed E-state index contributed by atoms with van der Waals surface area (Å²) in [5.41, 5.74) is 1.07. The number of hydrogen-bond donors (Lipinski definition) is 0. The second-order valence-electron chi connectivity index (χ2n) is 7.00. The first-order chi connectivity index (χ1) is 14.8. The number of ether oxygens (including phenoxy) is 1. The molecule has 0 radical (unpaired) electrons. The number of halogens is 3. The van der Waals surface area contributed by atoms with E-state index in [0.29, 0.717) is 23.4 Å². The van der Waals surface area contributed by atoms with Gasteiger partial charge in [0.2, 0.25) is 0 Å². The van der Waals surface area contributed by atoms with Crippen LogP contribution >= 0.6 is 0 Å². The van der Waals surface area contributed by atoms with Gasteiger partial charge in [0.05, 0.1) is 24.8 Å². The number of amides is 1. The van der Waals surface area contributed by atoms with Gasteiger partial charge in [-0.3, -0.25) is 4.79 Å². The fourth-order valence-electron chi connectivity index (χ4n) is 3.35. The summed E-state index contributed by atoms with van der Waals surface area (Å²) in [4.78, 5) is 14.7. The highest BCUT2D eigenvalue weighted by molar-refractivity contribution is 5.97. The third-order valence-electron chi connectivity index (χ3n) is 4.86. The molecule has 31 heavy (non-hydrogen) atoms. The Labute approximate surface area is 179 Å². The van der Waals surface area contributed by atoms with Crippen LogP contribution in [0.15, 0.2) is 79.5 Å². The van der Waals surface area contributed by atoms with E-state index in [9.17, 15) is 18.0 Å². The van der Waals surface area contributed by atoms with Crippen molar-refractivity contribution in [1.29, 1.82) is 0 Å². The maximum Gasteiger partial charge on any atom is 0.416 e. The van der Waals surface area contributed by atoms with Crippen LogP contribution < -0.4 is 4.74 Å². The number of methoxy groups -OCH3 is 1. The molecule has 0 aliphatic rings. The lowest BCUT2D eigenvalue weighted by atomic mass is 10.1. The Hall–Kier alpha value is -3.48. The van der Waals surface area contributed by atoms with Gasteiger partial charge in [0.15, 0.2) is 0 Å². The highest BCUT2D eigenvalue weighted by atomic mass is 19.4. The monoisotopic (exact) mass is 428 g/mol. The largest absolute Gasteiger partial charge is 0.496 e. The van der Waals surface area contributed by atoms with Gasteiger partial charge >= 0.3 is 6.18 Å². The van der Waals surface area contributed by atoms with E-state index in [-0.39, 0.29) is 19.0 Å². The van der Waals surface area contributed by atoms with Gasteiger partial charge in [-0.2, -0.15) is 13.2 Å². The first-order valence-electron chi connectivity index (χ1n) is 9.67. The van der Waals surface area contributed by atoms with Gasteiger partial charge in [-0.15, -0.1) is 6.58 Å². The minimum Gasteiger partial charge on any atom is -0.496 e. The van der Waals surface area contributed by atoms with Crippen LogP contribution in [0.2, 0.25) is 0 Å². The van der Waals surface area contributed by atoms with Crippen LogP contribution in [0.4, 0.5) is 13.2 Å². The summed E-state index contributed by atoms with van der Waals surface area (Å²) >= 11 is 0. The smallest absolute Gasteiger partial charge is 0.416 e. The minimum atomic E-state index is -4.39. The Kier molecular flexibility index (Phi) is 6.84. The number of hydrogen-bond acceptors (Lipinski definition) is 2. The van der Waals surface area contributed by atoms with Crippen LogP contribution in [-0.4, -0.2) is 29.0 Å². The number of alkyl halides is 3. The fraction of sp³-hybridized carbons (Fsp3) is 0.208. The standard InChI is InChI=1S/C24H23F3N2O2/c1-3-13-29(23(30)21-11-4-5-12-22(21)31-2)17-20-10-7-14-28(20)16-18-8-6-9-19(15-18)24(25,26)27/h3-12,14-15H,1,13,16-17H2,2H3. The van der Waals surface area contributed by atoms with Crippen LogP contribution in [0.5, 0.6) is 5.75 Å². The summed E-state index contributed by atoms with van der Waals surface area (Å²) in [5, 5.41) is 0. The van der Waals surface area contributed by atoms with E-state index in [1.54, 1.807) is 47.5 Å². The Morgan fingerprint density at radius 3 is 2.61 bits per heavy atom. The molecule has 0 N–H and O–H groups in total. The Morgan fingerprint density at radius 2 is 1.90 bits per heavy atom. The molecule has 2 aromatic carbocycles. The van der Waals surface area contributed by atoms with Gasteiger partial charge in [-0.05, 0) is 42.0 Å². The molecule has 0 fully saturated rings. The van der Waals surface area contributed by atoms with Crippen molar-refractivity contribution >= 4 is 5.91 Å². The lowest BCUT2D eigenvalue weighted by Crippen LogP contribution is -2.32. The van der Waals surface area contributed by atoms with Crippen LogP contribution in [0.3, 0.4) is 0 Å². The zero-order valence-corrected chi connectivity index (χ0v) is 17.1. The predicted molar refractivity (Wildman–Crippen MR) is 113 cm³/mol. The van der Waals surface area contributed by atoms with Crippen LogP contribution in [-0.2, 0) is 19.3 Å². The molecule has 7 heteroatoms. The number of carbonyl (C=O) groups excluding carboxylic acids is 1. The Balaban J connectivity index is 1.83. The van der Waals surface area contributed by atoms with Gasteiger partial charge in [0.25, 0.3) is 5.91 Å². The molecule has 0 aliphatic heterocycles. The number of aromatic nitrogens is 1.